The number of nitrogens with zero attached hydrogens (tertiary/aromatic N) is 2. The average Bonchev–Trinajstić information content (AvgIpc) is 2.48. The Morgan fingerprint density at radius 2 is 1.80 bits per heavy atom. The lowest BCUT2D eigenvalue weighted by molar-refractivity contribution is 0.363. The van der Waals surface area contributed by atoms with Gasteiger partial charge >= 0.3 is 0 Å². The highest BCUT2D eigenvalue weighted by molar-refractivity contribution is 5.48. The van der Waals surface area contributed by atoms with Crippen LogP contribution in [-0.2, 0) is 6.54 Å². The van der Waals surface area contributed by atoms with E-state index in [1.807, 2.05) is 0 Å². The van der Waals surface area contributed by atoms with Gasteiger partial charge in [-0.1, -0.05) is 0 Å². The number of anilines is 1. The van der Waals surface area contributed by atoms with Crippen molar-refractivity contribution in [1.82, 2.24) is 9.97 Å². The maximum absolute atomic E-state index is 13.2. The highest BCUT2D eigenvalue weighted by atomic mass is 19.1. The molecule has 0 saturated carbocycles. The number of rotatable bonds is 5. The van der Waals surface area contributed by atoms with Gasteiger partial charge in [-0.3, -0.25) is 0 Å². The first-order valence-corrected chi connectivity index (χ1v) is 6.07. The summed E-state index contributed by atoms with van der Waals surface area (Å²) >= 11 is 0. The Bertz CT molecular complexity index is 583. The Hall–Kier alpha value is -2.37. The van der Waals surface area contributed by atoms with Gasteiger partial charge in [0.25, 0.3) is 0 Å². The Morgan fingerprint density at radius 1 is 1.15 bits per heavy atom. The minimum absolute atomic E-state index is 0.228. The second kappa shape index (κ2) is 6.18. The van der Waals surface area contributed by atoms with Crippen LogP contribution >= 0.6 is 0 Å². The van der Waals surface area contributed by atoms with Crippen molar-refractivity contribution in [3.05, 3.63) is 41.5 Å². The highest BCUT2D eigenvalue weighted by Gasteiger charge is 2.12. The third-order valence-corrected chi connectivity index (χ3v) is 2.88. The Kier molecular flexibility index (Phi) is 4.34. The quantitative estimate of drug-likeness (QED) is 0.910. The summed E-state index contributed by atoms with van der Waals surface area (Å²) in [4.78, 5) is 8.07. The summed E-state index contributed by atoms with van der Waals surface area (Å²) < 4.78 is 23.6. The van der Waals surface area contributed by atoms with E-state index in [0.29, 0.717) is 29.4 Å². The molecule has 1 heterocycles. The Balaban J connectivity index is 2.19. The molecule has 0 spiro atoms. The fourth-order valence-electron chi connectivity index (χ4n) is 1.83. The monoisotopic (exact) mass is 277 g/mol. The summed E-state index contributed by atoms with van der Waals surface area (Å²) in [6.45, 7) is 2.13. The molecule has 0 atom stereocenters. The number of benzene rings is 1. The lowest BCUT2D eigenvalue weighted by Crippen LogP contribution is -2.07. The largest absolute Gasteiger partial charge is 0.481 e. The normalized spacial score (nSPS) is 10.2. The zero-order valence-electron chi connectivity index (χ0n) is 11.6. The smallest absolute Gasteiger partial charge is 0.225 e. The third kappa shape index (κ3) is 2.96. The van der Waals surface area contributed by atoms with Crippen molar-refractivity contribution in [2.24, 2.45) is 0 Å². The van der Waals surface area contributed by atoms with Gasteiger partial charge in [-0.15, -0.1) is 0 Å². The molecule has 0 fully saturated rings. The van der Waals surface area contributed by atoms with Crippen LogP contribution in [0.4, 0.5) is 10.1 Å². The molecule has 5 nitrogen and oxygen atoms in total. The molecule has 0 aliphatic carbocycles. The van der Waals surface area contributed by atoms with Crippen molar-refractivity contribution >= 4 is 5.69 Å². The van der Waals surface area contributed by atoms with Crippen molar-refractivity contribution in [1.29, 1.82) is 0 Å². The first-order chi connectivity index (χ1) is 9.65. The molecule has 0 aliphatic heterocycles. The van der Waals surface area contributed by atoms with Crippen molar-refractivity contribution in [3.63, 3.8) is 0 Å². The van der Waals surface area contributed by atoms with Crippen molar-refractivity contribution in [2.45, 2.75) is 13.5 Å². The molecule has 1 aromatic carbocycles. The molecule has 106 valence electrons. The lowest BCUT2D eigenvalue weighted by Gasteiger charge is -2.12. The number of methoxy groups -OCH3 is 2. The first kappa shape index (κ1) is 14.0. The van der Waals surface area contributed by atoms with Gasteiger partial charge < -0.3 is 14.8 Å². The summed E-state index contributed by atoms with van der Waals surface area (Å²) in [5, 5.41) is 3.17. The summed E-state index contributed by atoms with van der Waals surface area (Å²) in [5.74, 6) is 0.667. The number of hydrogen-bond donors (Lipinski definition) is 1. The number of aromatic nitrogens is 2. The van der Waals surface area contributed by atoms with Crippen molar-refractivity contribution < 1.29 is 13.9 Å². The van der Waals surface area contributed by atoms with Crippen molar-refractivity contribution in [3.8, 4) is 11.8 Å². The average molecular weight is 277 g/mol. The van der Waals surface area contributed by atoms with Crippen LogP contribution in [0.15, 0.2) is 24.5 Å². The number of aryl methyl sites for hydroxylation is 1. The molecular formula is C14H16FN3O2. The number of halogens is 1. The minimum Gasteiger partial charge on any atom is -0.481 e. The predicted octanol–water partition coefficient (Wildman–Crippen LogP) is 2.55. The van der Waals surface area contributed by atoms with Crippen LogP contribution in [0, 0.1) is 12.7 Å². The Morgan fingerprint density at radius 3 is 2.35 bits per heavy atom. The van der Waals surface area contributed by atoms with Crippen LogP contribution < -0.4 is 14.8 Å². The number of hydrogen-bond acceptors (Lipinski definition) is 5. The second-order valence-corrected chi connectivity index (χ2v) is 4.19. The fourth-order valence-corrected chi connectivity index (χ4v) is 1.83. The summed E-state index contributed by atoms with van der Waals surface area (Å²) in [5.41, 5.74) is 2.09. The molecule has 0 radical (unpaired) electrons. The lowest BCUT2D eigenvalue weighted by atomic mass is 10.2. The molecule has 0 bridgehead atoms. The van der Waals surface area contributed by atoms with E-state index in [1.54, 1.807) is 19.1 Å². The summed E-state index contributed by atoms with van der Waals surface area (Å²) in [6, 6.07) is 4.83. The SMILES string of the molecule is COc1ncnc(OC)c1CNc1ccc(F)c(C)c1. The van der Waals surface area contributed by atoms with Crippen molar-refractivity contribution in [2.75, 3.05) is 19.5 Å². The molecule has 0 aliphatic rings. The van der Waals surface area contributed by atoms with E-state index in [1.165, 1.54) is 26.6 Å². The van der Waals surface area contributed by atoms with Gasteiger partial charge in [-0.2, -0.15) is 0 Å². The molecule has 2 rings (SSSR count). The molecule has 2 aromatic rings. The predicted molar refractivity (Wildman–Crippen MR) is 73.6 cm³/mol. The van der Waals surface area contributed by atoms with Gasteiger partial charge in [0.15, 0.2) is 0 Å². The van der Waals surface area contributed by atoms with Gasteiger partial charge in [-0.05, 0) is 30.7 Å². The van der Waals surface area contributed by atoms with Gasteiger partial charge in [-0.25, -0.2) is 14.4 Å². The van der Waals surface area contributed by atoms with E-state index in [0.717, 1.165) is 5.69 Å². The molecular weight excluding hydrogens is 261 g/mol. The second-order valence-electron chi connectivity index (χ2n) is 4.19. The molecule has 0 saturated heterocycles. The van der Waals surface area contributed by atoms with Crippen LogP contribution in [0.1, 0.15) is 11.1 Å². The van der Waals surface area contributed by atoms with E-state index in [4.69, 9.17) is 9.47 Å². The van der Waals surface area contributed by atoms with Crippen LogP contribution in [0.3, 0.4) is 0 Å². The number of ether oxygens (including phenoxy) is 2. The standard InChI is InChI=1S/C14H16FN3O2/c1-9-6-10(4-5-12(9)15)16-7-11-13(19-2)17-8-18-14(11)20-3/h4-6,8,16H,7H2,1-3H3. The molecule has 6 heteroatoms. The van der Waals surface area contributed by atoms with Gasteiger partial charge in [0, 0.05) is 5.69 Å². The molecule has 0 unspecified atom stereocenters. The fraction of sp³-hybridized carbons (Fsp3) is 0.286. The maximum atomic E-state index is 13.2. The van der Waals surface area contributed by atoms with Crippen LogP contribution in [0.5, 0.6) is 11.8 Å². The van der Waals surface area contributed by atoms with E-state index < -0.39 is 0 Å². The maximum Gasteiger partial charge on any atom is 0.225 e. The molecule has 1 N–H and O–H groups in total. The van der Waals surface area contributed by atoms with E-state index in [9.17, 15) is 4.39 Å². The summed E-state index contributed by atoms with van der Waals surface area (Å²) in [6.07, 6.45) is 1.38. The van der Waals surface area contributed by atoms with Gasteiger partial charge in [0.1, 0.15) is 12.1 Å². The molecule has 20 heavy (non-hydrogen) atoms. The zero-order valence-corrected chi connectivity index (χ0v) is 11.6. The van der Waals surface area contributed by atoms with Gasteiger partial charge in [0.2, 0.25) is 11.8 Å². The van der Waals surface area contributed by atoms with Gasteiger partial charge in [0.05, 0.1) is 26.3 Å². The van der Waals surface area contributed by atoms with E-state index in [2.05, 4.69) is 15.3 Å². The van der Waals surface area contributed by atoms with Crippen LogP contribution in [0.2, 0.25) is 0 Å². The summed E-state index contributed by atoms with van der Waals surface area (Å²) in [7, 11) is 3.07. The Labute approximate surface area is 116 Å². The molecule has 0 amide bonds. The number of nitrogens with one attached hydrogen (secondary N) is 1. The zero-order chi connectivity index (χ0) is 14.5. The van der Waals surface area contributed by atoms with Crippen LogP contribution in [0.25, 0.3) is 0 Å². The third-order valence-electron chi connectivity index (χ3n) is 2.88. The highest BCUT2D eigenvalue weighted by Crippen LogP contribution is 2.24. The first-order valence-electron chi connectivity index (χ1n) is 6.07. The molecule has 1 aromatic heterocycles. The van der Waals surface area contributed by atoms with E-state index >= 15 is 0 Å². The van der Waals surface area contributed by atoms with E-state index in [-0.39, 0.29) is 5.82 Å². The topological polar surface area (TPSA) is 56.3 Å². The van der Waals surface area contributed by atoms with Crippen LogP contribution in [-0.4, -0.2) is 24.2 Å². The minimum atomic E-state index is -0.228.